The molecule has 0 spiro atoms. The van der Waals surface area contributed by atoms with Gasteiger partial charge in [0.2, 0.25) is 0 Å². The van der Waals surface area contributed by atoms with Crippen LogP contribution in [-0.2, 0) is 4.79 Å². The normalized spacial score (nSPS) is 12.8. The molecular formula is C25H51N2O+. The summed E-state index contributed by atoms with van der Waals surface area (Å²) in [6, 6.07) is 0. The number of hydrogen-bond acceptors (Lipinski definition) is 1. The predicted octanol–water partition coefficient (Wildman–Crippen LogP) is 6.97. The van der Waals surface area contributed by atoms with Gasteiger partial charge in [-0.2, -0.15) is 0 Å². The number of hydrogen-bond donors (Lipinski definition) is 1. The second-order valence-electron chi connectivity index (χ2n) is 9.28. The van der Waals surface area contributed by atoms with Crippen molar-refractivity contribution in [1.29, 1.82) is 0 Å². The minimum Gasteiger partial charge on any atom is -0.309 e. The van der Waals surface area contributed by atoms with E-state index < -0.39 is 0 Å². The zero-order chi connectivity index (χ0) is 21.3. The number of rotatable bonds is 19. The minimum atomic E-state index is -0.0148. The molecule has 0 aromatic heterocycles. The van der Waals surface area contributed by atoms with E-state index >= 15 is 0 Å². The molecule has 1 unspecified atom stereocenters. The molecule has 0 aromatic carbocycles. The molecule has 3 heteroatoms. The Kier molecular flexibility index (Phi) is 16.6. The molecule has 0 saturated heterocycles. The lowest BCUT2D eigenvalue weighted by Crippen LogP contribution is -2.57. The van der Waals surface area contributed by atoms with Crippen LogP contribution in [-0.4, -0.2) is 37.2 Å². The van der Waals surface area contributed by atoms with Crippen LogP contribution in [0.1, 0.15) is 117 Å². The van der Waals surface area contributed by atoms with Crippen molar-refractivity contribution in [2.24, 2.45) is 0 Å². The highest BCUT2D eigenvalue weighted by molar-refractivity contribution is 5.92. The van der Waals surface area contributed by atoms with Crippen molar-refractivity contribution < 1.29 is 9.28 Å². The van der Waals surface area contributed by atoms with Crippen LogP contribution < -0.4 is 5.32 Å². The van der Waals surface area contributed by atoms with E-state index in [2.05, 4.69) is 39.8 Å². The van der Waals surface area contributed by atoms with Crippen molar-refractivity contribution in [1.82, 2.24) is 5.32 Å². The average Bonchev–Trinajstić information content (AvgIpc) is 2.65. The fourth-order valence-electron chi connectivity index (χ4n) is 3.92. The summed E-state index contributed by atoms with van der Waals surface area (Å²) in [7, 11) is 4.46. The van der Waals surface area contributed by atoms with Crippen LogP contribution >= 0.6 is 0 Å². The van der Waals surface area contributed by atoms with E-state index in [4.69, 9.17) is 0 Å². The van der Waals surface area contributed by atoms with E-state index in [1.807, 2.05) is 0 Å². The van der Waals surface area contributed by atoms with Crippen LogP contribution in [0.3, 0.4) is 0 Å². The Morgan fingerprint density at radius 2 is 1.18 bits per heavy atom. The first-order chi connectivity index (χ1) is 13.3. The van der Waals surface area contributed by atoms with E-state index in [-0.39, 0.29) is 12.1 Å². The van der Waals surface area contributed by atoms with Crippen LogP contribution in [0, 0.1) is 0 Å². The molecule has 0 radical (unpaired) electrons. The first-order valence-corrected chi connectivity index (χ1v) is 12.1. The van der Waals surface area contributed by atoms with Gasteiger partial charge in [-0.15, -0.1) is 0 Å². The van der Waals surface area contributed by atoms with Crippen molar-refractivity contribution >= 4 is 5.91 Å². The van der Waals surface area contributed by atoms with Gasteiger partial charge >= 0.3 is 0 Å². The van der Waals surface area contributed by atoms with Gasteiger partial charge in [0.15, 0.2) is 6.17 Å². The molecule has 0 aliphatic heterocycles. The molecular weight excluding hydrogens is 344 g/mol. The SMILES string of the molecule is C=C(C)C(=O)NC(CC)[N+](C)(C)CCCCCCCCCCCCCCCC. The molecule has 1 N–H and O–H groups in total. The number of carbonyl (C=O) groups excluding carboxylic acids is 1. The summed E-state index contributed by atoms with van der Waals surface area (Å²) >= 11 is 0. The van der Waals surface area contributed by atoms with Crippen molar-refractivity contribution in [2.75, 3.05) is 20.6 Å². The van der Waals surface area contributed by atoms with E-state index in [0.717, 1.165) is 17.4 Å². The Labute approximate surface area is 176 Å². The van der Waals surface area contributed by atoms with Gasteiger partial charge in [0, 0.05) is 12.0 Å². The summed E-state index contributed by atoms with van der Waals surface area (Å²) in [6.45, 7) is 11.1. The van der Waals surface area contributed by atoms with E-state index in [1.54, 1.807) is 6.92 Å². The van der Waals surface area contributed by atoms with Gasteiger partial charge in [-0.05, 0) is 19.8 Å². The summed E-state index contributed by atoms with van der Waals surface area (Å²) in [5.74, 6) is -0.0148. The van der Waals surface area contributed by atoms with Gasteiger partial charge in [0.1, 0.15) is 0 Å². The van der Waals surface area contributed by atoms with Gasteiger partial charge in [-0.3, -0.25) is 4.79 Å². The van der Waals surface area contributed by atoms with Crippen molar-refractivity contribution in [3.8, 4) is 0 Å². The molecule has 28 heavy (non-hydrogen) atoms. The smallest absolute Gasteiger partial charge is 0.250 e. The topological polar surface area (TPSA) is 29.1 Å². The predicted molar refractivity (Wildman–Crippen MR) is 124 cm³/mol. The van der Waals surface area contributed by atoms with Crippen LogP contribution in [0.2, 0.25) is 0 Å². The molecule has 0 heterocycles. The van der Waals surface area contributed by atoms with Gasteiger partial charge < -0.3 is 9.80 Å². The zero-order valence-corrected chi connectivity index (χ0v) is 20.0. The van der Waals surface area contributed by atoms with Gasteiger partial charge in [0.25, 0.3) is 5.91 Å². The Balaban J connectivity index is 3.65. The quantitative estimate of drug-likeness (QED) is 0.109. The van der Waals surface area contributed by atoms with Crippen LogP contribution in [0.5, 0.6) is 0 Å². The average molecular weight is 396 g/mol. The Bertz CT molecular complexity index is 403. The maximum atomic E-state index is 11.9. The number of nitrogens with one attached hydrogen (secondary N) is 1. The Morgan fingerprint density at radius 1 is 0.786 bits per heavy atom. The summed E-state index contributed by atoms with van der Waals surface area (Å²) in [5.41, 5.74) is 0.593. The first kappa shape index (κ1) is 27.2. The van der Waals surface area contributed by atoms with Crippen LogP contribution in [0.4, 0.5) is 0 Å². The van der Waals surface area contributed by atoms with E-state index in [0.29, 0.717) is 5.57 Å². The molecule has 0 bridgehead atoms. The molecule has 0 aromatic rings. The van der Waals surface area contributed by atoms with Gasteiger partial charge in [-0.1, -0.05) is 97.5 Å². The molecule has 0 fully saturated rings. The highest BCUT2D eigenvalue weighted by Crippen LogP contribution is 2.15. The van der Waals surface area contributed by atoms with E-state index in [1.165, 1.54) is 89.9 Å². The molecule has 166 valence electrons. The minimum absolute atomic E-state index is 0.0148. The number of carbonyl (C=O) groups is 1. The van der Waals surface area contributed by atoms with Crippen molar-refractivity contribution in [2.45, 2.75) is 123 Å². The third-order valence-corrected chi connectivity index (χ3v) is 6.00. The van der Waals surface area contributed by atoms with Crippen LogP contribution in [0.15, 0.2) is 12.2 Å². The van der Waals surface area contributed by atoms with Gasteiger partial charge in [-0.25, -0.2) is 0 Å². The molecule has 1 atom stereocenters. The molecule has 3 nitrogen and oxygen atoms in total. The lowest BCUT2D eigenvalue weighted by atomic mass is 10.0. The maximum Gasteiger partial charge on any atom is 0.250 e. The number of amides is 1. The van der Waals surface area contributed by atoms with Crippen molar-refractivity contribution in [3.05, 3.63) is 12.2 Å². The number of unbranched alkanes of at least 4 members (excludes halogenated alkanes) is 13. The summed E-state index contributed by atoms with van der Waals surface area (Å²) in [4.78, 5) is 11.9. The second-order valence-corrected chi connectivity index (χ2v) is 9.28. The molecule has 0 aliphatic carbocycles. The summed E-state index contributed by atoms with van der Waals surface area (Å²) in [6.07, 6.45) is 20.6. The van der Waals surface area contributed by atoms with Gasteiger partial charge in [0.05, 0.1) is 20.6 Å². The fourth-order valence-corrected chi connectivity index (χ4v) is 3.92. The summed E-state index contributed by atoms with van der Waals surface area (Å²) in [5, 5.41) is 3.14. The van der Waals surface area contributed by atoms with E-state index in [9.17, 15) is 4.79 Å². The number of quaternary nitrogens is 1. The van der Waals surface area contributed by atoms with Crippen LogP contribution in [0.25, 0.3) is 0 Å². The number of nitrogens with zero attached hydrogens (tertiary/aromatic N) is 1. The fraction of sp³-hybridized carbons (Fsp3) is 0.880. The highest BCUT2D eigenvalue weighted by atomic mass is 16.2. The Morgan fingerprint density at radius 3 is 1.54 bits per heavy atom. The lowest BCUT2D eigenvalue weighted by molar-refractivity contribution is -0.917. The van der Waals surface area contributed by atoms with Crippen molar-refractivity contribution in [3.63, 3.8) is 0 Å². The first-order valence-electron chi connectivity index (χ1n) is 12.1. The highest BCUT2D eigenvalue weighted by Gasteiger charge is 2.27. The molecule has 0 rings (SSSR count). The monoisotopic (exact) mass is 395 g/mol. The third-order valence-electron chi connectivity index (χ3n) is 6.00. The maximum absolute atomic E-state index is 11.9. The Hall–Kier alpha value is -0.830. The molecule has 0 aliphatic rings. The molecule has 1 amide bonds. The standard InChI is InChI=1S/C25H50N2O/c1-7-9-10-11-12-13-14-15-16-17-18-19-20-21-22-27(5,6)24(8-2)26-25(28)23(3)4/h24H,3,7-22H2,1-2,4-6H3/p+1. The lowest BCUT2D eigenvalue weighted by Gasteiger charge is -2.38. The largest absolute Gasteiger partial charge is 0.309 e. The summed E-state index contributed by atoms with van der Waals surface area (Å²) < 4.78 is 0.855. The second kappa shape index (κ2) is 17.1. The molecule has 0 saturated carbocycles. The third kappa shape index (κ3) is 14.2. The zero-order valence-electron chi connectivity index (χ0n) is 20.0.